The highest BCUT2D eigenvalue weighted by Gasteiger charge is 2.03. The summed E-state index contributed by atoms with van der Waals surface area (Å²) in [6.07, 6.45) is 1.31. The maximum absolute atomic E-state index is 11.1. The second kappa shape index (κ2) is 10.3. The van der Waals surface area contributed by atoms with Crippen LogP contribution in [0, 0.1) is 0 Å². The smallest absolute Gasteiger partial charge is 0.246 e. The highest BCUT2D eigenvalue weighted by molar-refractivity contribution is 5.91. The third-order valence-corrected chi connectivity index (χ3v) is 2.14. The summed E-state index contributed by atoms with van der Waals surface area (Å²) in [5.41, 5.74) is 0.491. The molecular weight excluding hydrogens is 222 g/mol. The largest absolute Gasteiger partial charge is 0.396 e. The zero-order chi connectivity index (χ0) is 13.1. The van der Waals surface area contributed by atoms with E-state index in [1.807, 2.05) is 0 Å². The van der Waals surface area contributed by atoms with Crippen molar-refractivity contribution < 1.29 is 19.7 Å². The van der Waals surface area contributed by atoms with Crippen LogP contribution in [0.15, 0.2) is 12.2 Å². The van der Waals surface area contributed by atoms with Crippen molar-refractivity contribution in [2.45, 2.75) is 32.3 Å². The Hall–Kier alpha value is -0.910. The van der Waals surface area contributed by atoms with Gasteiger partial charge >= 0.3 is 0 Å². The van der Waals surface area contributed by atoms with Crippen LogP contribution < -0.4 is 5.32 Å². The molecule has 5 nitrogen and oxygen atoms in total. The summed E-state index contributed by atoms with van der Waals surface area (Å²) in [6, 6.07) is 0. The first-order valence-electron chi connectivity index (χ1n) is 5.88. The first-order chi connectivity index (χ1) is 8.07. The third kappa shape index (κ3) is 9.99. The first kappa shape index (κ1) is 16.1. The fraction of sp³-hybridized carbons (Fsp3) is 0.750. The Balaban J connectivity index is 3.29. The van der Waals surface area contributed by atoms with Gasteiger partial charge in [0, 0.05) is 25.3 Å². The average molecular weight is 245 g/mol. The number of carbonyl (C=O) groups excluding carboxylic acids is 1. The molecule has 0 aromatic rings. The lowest BCUT2D eigenvalue weighted by Crippen LogP contribution is -2.26. The van der Waals surface area contributed by atoms with Crippen LogP contribution in [-0.4, -0.2) is 48.6 Å². The fourth-order valence-corrected chi connectivity index (χ4v) is 1.16. The van der Waals surface area contributed by atoms with Gasteiger partial charge in [0.05, 0.1) is 12.7 Å². The van der Waals surface area contributed by atoms with Crippen molar-refractivity contribution in [3.05, 3.63) is 12.2 Å². The molecule has 0 fully saturated rings. The summed E-state index contributed by atoms with van der Waals surface area (Å²) in [7, 11) is 0. The summed E-state index contributed by atoms with van der Waals surface area (Å²) in [5.74, 6) is -0.145. The highest BCUT2D eigenvalue weighted by atomic mass is 16.5. The molecule has 17 heavy (non-hydrogen) atoms. The third-order valence-electron chi connectivity index (χ3n) is 2.14. The molecule has 0 heterocycles. The van der Waals surface area contributed by atoms with Crippen molar-refractivity contribution in [2.75, 3.05) is 26.4 Å². The van der Waals surface area contributed by atoms with E-state index in [-0.39, 0.29) is 19.1 Å². The second-order valence-corrected chi connectivity index (χ2v) is 3.98. The molecule has 0 aliphatic heterocycles. The molecule has 0 rings (SSSR count). The van der Waals surface area contributed by atoms with Gasteiger partial charge in [0.2, 0.25) is 5.91 Å². The van der Waals surface area contributed by atoms with Crippen molar-refractivity contribution in [2.24, 2.45) is 0 Å². The number of aliphatic hydroxyl groups excluding tert-OH is 2. The van der Waals surface area contributed by atoms with Gasteiger partial charge in [0.1, 0.15) is 0 Å². The molecule has 0 saturated carbocycles. The highest BCUT2D eigenvalue weighted by Crippen LogP contribution is 1.97. The number of carbonyl (C=O) groups is 1. The van der Waals surface area contributed by atoms with Gasteiger partial charge in [-0.15, -0.1) is 0 Å². The van der Waals surface area contributed by atoms with E-state index in [0.717, 1.165) is 0 Å². The molecule has 0 radical (unpaired) electrons. The molecule has 1 unspecified atom stereocenters. The van der Waals surface area contributed by atoms with Crippen LogP contribution in [0.25, 0.3) is 0 Å². The van der Waals surface area contributed by atoms with Gasteiger partial charge in [-0.2, -0.15) is 0 Å². The minimum Gasteiger partial charge on any atom is -0.396 e. The van der Waals surface area contributed by atoms with E-state index >= 15 is 0 Å². The number of hydrogen-bond donors (Lipinski definition) is 3. The van der Waals surface area contributed by atoms with Crippen LogP contribution in [0.2, 0.25) is 0 Å². The van der Waals surface area contributed by atoms with Crippen molar-refractivity contribution in [1.29, 1.82) is 0 Å². The molecule has 0 aromatic heterocycles. The summed E-state index contributed by atoms with van der Waals surface area (Å²) in [5, 5.41) is 20.6. The summed E-state index contributed by atoms with van der Waals surface area (Å²) >= 11 is 0. The van der Waals surface area contributed by atoms with Gasteiger partial charge in [-0.05, 0) is 26.2 Å². The topological polar surface area (TPSA) is 78.8 Å². The predicted molar refractivity (Wildman–Crippen MR) is 65.6 cm³/mol. The van der Waals surface area contributed by atoms with Crippen LogP contribution in [0.4, 0.5) is 0 Å². The molecule has 0 spiro atoms. The van der Waals surface area contributed by atoms with Gasteiger partial charge in [0.25, 0.3) is 0 Å². The predicted octanol–water partition coefficient (Wildman–Crippen LogP) is 0.219. The zero-order valence-electron chi connectivity index (χ0n) is 10.4. The standard InChI is InChI=1S/C12H23NO4/c1-10(2)12(16)13-6-4-8-17-9-11(15)5-3-7-14/h11,14-15H,1,3-9H2,2H3,(H,13,16). The Morgan fingerprint density at radius 1 is 1.47 bits per heavy atom. The van der Waals surface area contributed by atoms with Crippen LogP contribution in [0.3, 0.4) is 0 Å². The summed E-state index contributed by atoms with van der Waals surface area (Å²) in [6.45, 7) is 6.57. The Labute approximate surface area is 102 Å². The van der Waals surface area contributed by atoms with E-state index in [9.17, 15) is 9.90 Å². The SMILES string of the molecule is C=C(C)C(=O)NCCCOCC(O)CCCO. The molecule has 100 valence electrons. The molecule has 3 N–H and O–H groups in total. The van der Waals surface area contributed by atoms with Crippen molar-refractivity contribution >= 4 is 5.91 Å². The Kier molecular flexibility index (Phi) is 9.71. The molecule has 0 bridgehead atoms. The number of rotatable bonds is 10. The van der Waals surface area contributed by atoms with E-state index < -0.39 is 6.10 Å². The maximum atomic E-state index is 11.1. The minimum atomic E-state index is -0.521. The second-order valence-electron chi connectivity index (χ2n) is 3.98. The lowest BCUT2D eigenvalue weighted by atomic mass is 10.2. The Bertz CT molecular complexity index is 231. The molecule has 0 aliphatic rings. The van der Waals surface area contributed by atoms with Gasteiger partial charge < -0.3 is 20.3 Å². The lowest BCUT2D eigenvalue weighted by molar-refractivity contribution is -0.117. The molecule has 5 heteroatoms. The molecule has 0 aliphatic carbocycles. The number of aliphatic hydroxyl groups is 2. The number of ether oxygens (including phenoxy) is 1. The van der Waals surface area contributed by atoms with E-state index in [2.05, 4.69) is 11.9 Å². The van der Waals surface area contributed by atoms with Crippen LogP contribution in [0.5, 0.6) is 0 Å². The van der Waals surface area contributed by atoms with Gasteiger partial charge in [0.15, 0.2) is 0 Å². The van der Waals surface area contributed by atoms with Crippen LogP contribution in [0.1, 0.15) is 26.2 Å². The molecular formula is C12H23NO4. The fourth-order valence-electron chi connectivity index (χ4n) is 1.16. The zero-order valence-corrected chi connectivity index (χ0v) is 10.4. The number of nitrogens with one attached hydrogen (secondary N) is 1. The molecule has 1 atom stereocenters. The van der Waals surface area contributed by atoms with Crippen LogP contribution in [-0.2, 0) is 9.53 Å². The van der Waals surface area contributed by atoms with E-state index in [0.29, 0.717) is 38.0 Å². The van der Waals surface area contributed by atoms with Crippen molar-refractivity contribution in [1.82, 2.24) is 5.32 Å². The first-order valence-corrected chi connectivity index (χ1v) is 5.88. The maximum Gasteiger partial charge on any atom is 0.246 e. The molecule has 0 aromatic carbocycles. The molecule has 1 amide bonds. The monoisotopic (exact) mass is 245 g/mol. The summed E-state index contributed by atoms with van der Waals surface area (Å²) in [4.78, 5) is 11.1. The Morgan fingerprint density at radius 2 is 2.18 bits per heavy atom. The summed E-state index contributed by atoms with van der Waals surface area (Å²) < 4.78 is 5.23. The minimum absolute atomic E-state index is 0.0873. The number of amides is 1. The van der Waals surface area contributed by atoms with Crippen LogP contribution >= 0.6 is 0 Å². The average Bonchev–Trinajstić information content (AvgIpc) is 2.30. The van der Waals surface area contributed by atoms with Crippen molar-refractivity contribution in [3.8, 4) is 0 Å². The van der Waals surface area contributed by atoms with Gasteiger partial charge in [-0.25, -0.2) is 0 Å². The van der Waals surface area contributed by atoms with E-state index in [4.69, 9.17) is 9.84 Å². The van der Waals surface area contributed by atoms with Crippen molar-refractivity contribution in [3.63, 3.8) is 0 Å². The Morgan fingerprint density at radius 3 is 2.76 bits per heavy atom. The van der Waals surface area contributed by atoms with Gasteiger partial charge in [-0.3, -0.25) is 4.79 Å². The van der Waals surface area contributed by atoms with Gasteiger partial charge in [-0.1, -0.05) is 6.58 Å². The normalized spacial score (nSPS) is 12.2. The van der Waals surface area contributed by atoms with E-state index in [1.54, 1.807) is 6.92 Å². The van der Waals surface area contributed by atoms with E-state index in [1.165, 1.54) is 0 Å². The lowest BCUT2D eigenvalue weighted by Gasteiger charge is -2.10. The number of hydrogen-bond acceptors (Lipinski definition) is 4. The molecule has 0 saturated heterocycles. The quantitative estimate of drug-likeness (QED) is 0.380.